The Morgan fingerprint density at radius 1 is 1.37 bits per heavy atom. The maximum atomic E-state index is 13.9. The predicted molar refractivity (Wildman–Crippen MR) is 80.2 cm³/mol. The van der Waals surface area contributed by atoms with Gasteiger partial charge in [0.25, 0.3) is 0 Å². The van der Waals surface area contributed by atoms with Crippen molar-refractivity contribution >= 4 is 11.8 Å². The lowest BCUT2D eigenvalue weighted by Crippen LogP contribution is -2.20. The highest BCUT2D eigenvalue weighted by Crippen LogP contribution is 2.25. The monoisotopic (exact) mass is 285 g/mol. The third kappa shape index (κ3) is 6.41. The van der Waals surface area contributed by atoms with Crippen LogP contribution in [-0.4, -0.2) is 26.0 Å². The zero-order valence-electron chi connectivity index (χ0n) is 12.0. The van der Waals surface area contributed by atoms with Gasteiger partial charge in [-0.3, -0.25) is 0 Å². The van der Waals surface area contributed by atoms with Crippen LogP contribution in [0.15, 0.2) is 23.1 Å². The van der Waals surface area contributed by atoms with E-state index in [0.717, 1.165) is 35.8 Å². The maximum absolute atomic E-state index is 13.9. The molecule has 2 nitrogen and oxygen atoms in total. The quantitative estimate of drug-likeness (QED) is 0.552. The standard InChI is InChI=1S/C15H24FNOS/c1-12(2)10-17-11-13-14(16)6-4-7-15(13)19-9-5-8-18-3/h4,6-7,12,17H,5,8-11H2,1-3H3. The molecule has 0 spiro atoms. The molecular weight excluding hydrogens is 261 g/mol. The Kier molecular flexibility index (Phi) is 8.10. The number of rotatable bonds is 9. The lowest BCUT2D eigenvalue weighted by molar-refractivity contribution is 0.200. The van der Waals surface area contributed by atoms with Gasteiger partial charge in [-0.05, 0) is 31.0 Å². The molecule has 0 saturated carbocycles. The molecule has 4 heteroatoms. The number of thioether (sulfide) groups is 1. The Hall–Kier alpha value is -0.580. The maximum Gasteiger partial charge on any atom is 0.128 e. The van der Waals surface area contributed by atoms with Crippen molar-refractivity contribution in [3.63, 3.8) is 0 Å². The second-order valence-electron chi connectivity index (χ2n) is 4.94. The number of hydrogen-bond acceptors (Lipinski definition) is 3. The van der Waals surface area contributed by atoms with Gasteiger partial charge in [0.15, 0.2) is 0 Å². The van der Waals surface area contributed by atoms with Crippen molar-refractivity contribution in [1.82, 2.24) is 5.32 Å². The Labute approximate surface area is 120 Å². The average Bonchev–Trinajstić information content (AvgIpc) is 2.37. The highest BCUT2D eigenvalue weighted by atomic mass is 32.2. The lowest BCUT2D eigenvalue weighted by Gasteiger charge is -2.12. The fourth-order valence-corrected chi connectivity index (χ4v) is 2.72. The van der Waals surface area contributed by atoms with Gasteiger partial charge in [0.2, 0.25) is 0 Å². The molecule has 19 heavy (non-hydrogen) atoms. The summed E-state index contributed by atoms with van der Waals surface area (Å²) in [6.07, 6.45) is 0.983. The van der Waals surface area contributed by atoms with Crippen LogP contribution in [0.3, 0.4) is 0 Å². The summed E-state index contributed by atoms with van der Waals surface area (Å²) in [6, 6.07) is 5.30. The van der Waals surface area contributed by atoms with Crippen LogP contribution in [0.2, 0.25) is 0 Å². The van der Waals surface area contributed by atoms with Gasteiger partial charge in [-0.25, -0.2) is 4.39 Å². The molecule has 0 atom stereocenters. The Bertz CT molecular complexity index is 371. The summed E-state index contributed by atoms with van der Waals surface area (Å²) < 4.78 is 18.9. The average molecular weight is 285 g/mol. The first-order chi connectivity index (χ1) is 9.15. The lowest BCUT2D eigenvalue weighted by atomic mass is 10.2. The molecular formula is C15H24FNOS. The van der Waals surface area contributed by atoms with Gasteiger partial charge < -0.3 is 10.1 Å². The number of nitrogens with one attached hydrogen (secondary N) is 1. The van der Waals surface area contributed by atoms with Crippen molar-refractivity contribution < 1.29 is 9.13 Å². The second-order valence-corrected chi connectivity index (χ2v) is 6.07. The number of methoxy groups -OCH3 is 1. The van der Waals surface area contributed by atoms with Crippen LogP contribution >= 0.6 is 11.8 Å². The van der Waals surface area contributed by atoms with Gasteiger partial charge in [-0.2, -0.15) is 0 Å². The first-order valence-corrected chi connectivity index (χ1v) is 7.73. The van der Waals surface area contributed by atoms with Gasteiger partial charge in [0, 0.05) is 36.5 Å². The van der Waals surface area contributed by atoms with E-state index < -0.39 is 0 Å². The van der Waals surface area contributed by atoms with Gasteiger partial charge in [-0.15, -0.1) is 11.8 Å². The molecule has 0 unspecified atom stereocenters. The molecule has 1 N–H and O–H groups in total. The summed E-state index contributed by atoms with van der Waals surface area (Å²) in [5.74, 6) is 1.41. The summed E-state index contributed by atoms with van der Waals surface area (Å²) in [5.41, 5.74) is 0.783. The molecule has 0 radical (unpaired) electrons. The topological polar surface area (TPSA) is 21.3 Å². The van der Waals surface area contributed by atoms with E-state index in [0.29, 0.717) is 12.5 Å². The van der Waals surface area contributed by atoms with Crippen LogP contribution in [0.4, 0.5) is 4.39 Å². The van der Waals surface area contributed by atoms with E-state index in [1.54, 1.807) is 24.9 Å². The van der Waals surface area contributed by atoms with E-state index in [1.807, 2.05) is 6.07 Å². The molecule has 1 aromatic carbocycles. The molecule has 0 saturated heterocycles. The summed E-state index contributed by atoms with van der Waals surface area (Å²) >= 11 is 1.70. The van der Waals surface area contributed by atoms with E-state index >= 15 is 0 Å². The summed E-state index contributed by atoms with van der Waals surface area (Å²) in [4.78, 5) is 1.03. The van der Waals surface area contributed by atoms with Crippen molar-refractivity contribution in [3.8, 4) is 0 Å². The summed E-state index contributed by atoms with van der Waals surface area (Å²) in [6.45, 7) is 6.55. The largest absolute Gasteiger partial charge is 0.385 e. The number of halogens is 1. The molecule has 0 aliphatic rings. The van der Waals surface area contributed by atoms with E-state index in [2.05, 4.69) is 19.2 Å². The van der Waals surface area contributed by atoms with Crippen molar-refractivity contribution in [1.29, 1.82) is 0 Å². The Morgan fingerprint density at radius 2 is 2.16 bits per heavy atom. The van der Waals surface area contributed by atoms with E-state index in [1.165, 1.54) is 6.07 Å². The molecule has 0 aromatic heterocycles. The van der Waals surface area contributed by atoms with Crippen LogP contribution in [0, 0.1) is 11.7 Å². The summed E-state index contributed by atoms with van der Waals surface area (Å²) in [5, 5.41) is 3.31. The second kappa shape index (κ2) is 9.34. The zero-order chi connectivity index (χ0) is 14.1. The van der Waals surface area contributed by atoms with Crippen LogP contribution < -0.4 is 5.32 Å². The highest BCUT2D eigenvalue weighted by molar-refractivity contribution is 7.99. The molecule has 108 valence electrons. The number of ether oxygens (including phenoxy) is 1. The third-order valence-corrected chi connectivity index (χ3v) is 3.87. The molecule has 0 amide bonds. The van der Waals surface area contributed by atoms with Gasteiger partial charge in [0.05, 0.1) is 0 Å². The van der Waals surface area contributed by atoms with Crippen molar-refractivity contribution in [3.05, 3.63) is 29.6 Å². The molecule has 0 fully saturated rings. The number of hydrogen-bond donors (Lipinski definition) is 1. The van der Waals surface area contributed by atoms with E-state index in [-0.39, 0.29) is 5.82 Å². The minimum absolute atomic E-state index is 0.118. The van der Waals surface area contributed by atoms with Crippen LogP contribution in [0.5, 0.6) is 0 Å². The minimum atomic E-state index is -0.118. The molecule has 0 aliphatic heterocycles. The third-order valence-electron chi connectivity index (χ3n) is 2.68. The fourth-order valence-electron chi connectivity index (χ4n) is 1.72. The van der Waals surface area contributed by atoms with Crippen LogP contribution in [0.25, 0.3) is 0 Å². The van der Waals surface area contributed by atoms with Gasteiger partial charge >= 0.3 is 0 Å². The van der Waals surface area contributed by atoms with E-state index in [4.69, 9.17) is 4.74 Å². The van der Waals surface area contributed by atoms with Crippen molar-refractivity contribution in [2.75, 3.05) is 26.0 Å². The van der Waals surface area contributed by atoms with Crippen LogP contribution in [-0.2, 0) is 11.3 Å². The first-order valence-electron chi connectivity index (χ1n) is 6.75. The Balaban J connectivity index is 2.56. The Morgan fingerprint density at radius 3 is 2.84 bits per heavy atom. The highest BCUT2D eigenvalue weighted by Gasteiger charge is 2.08. The van der Waals surface area contributed by atoms with Crippen LogP contribution in [0.1, 0.15) is 25.8 Å². The van der Waals surface area contributed by atoms with Crippen molar-refractivity contribution in [2.45, 2.75) is 31.7 Å². The first kappa shape index (κ1) is 16.5. The van der Waals surface area contributed by atoms with Gasteiger partial charge in [0.1, 0.15) is 5.82 Å². The molecule has 1 rings (SSSR count). The predicted octanol–water partition coefficient (Wildman–Crippen LogP) is 3.70. The normalized spacial score (nSPS) is 11.2. The van der Waals surface area contributed by atoms with Crippen molar-refractivity contribution in [2.24, 2.45) is 5.92 Å². The zero-order valence-corrected chi connectivity index (χ0v) is 12.9. The van der Waals surface area contributed by atoms with Gasteiger partial charge in [-0.1, -0.05) is 19.9 Å². The molecule has 0 aliphatic carbocycles. The fraction of sp³-hybridized carbons (Fsp3) is 0.600. The minimum Gasteiger partial charge on any atom is -0.385 e. The summed E-state index contributed by atoms with van der Waals surface area (Å²) in [7, 11) is 1.70. The SMILES string of the molecule is COCCCSc1cccc(F)c1CNCC(C)C. The number of benzene rings is 1. The smallest absolute Gasteiger partial charge is 0.128 e. The molecule has 1 aromatic rings. The molecule has 0 bridgehead atoms. The van der Waals surface area contributed by atoms with E-state index in [9.17, 15) is 4.39 Å². The molecule has 0 heterocycles.